The van der Waals surface area contributed by atoms with Crippen molar-refractivity contribution in [3.63, 3.8) is 0 Å². The van der Waals surface area contributed by atoms with Gasteiger partial charge in [-0.15, -0.1) is 13.2 Å². The van der Waals surface area contributed by atoms with E-state index in [0.717, 1.165) is 12.1 Å². The normalized spacial score (nSPS) is 11.5. The number of benzene rings is 1. The van der Waals surface area contributed by atoms with E-state index in [1.54, 1.807) is 0 Å². The first-order valence-electron chi connectivity index (χ1n) is 3.78. The Bertz CT molecular complexity index is 368. The van der Waals surface area contributed by atoms with Crippen LogP contribution < -0.4 is 10.5 Å². The van der Waals surface area contributed by atoms with E-state index < -0.39 is 18.7 Å². The molecule has 0 atom stereocenters. The molecule has 1 aromatic rings. The number of nitrogen functional groups attached to an aromatic ring is 1. The third-order valence-corrected chi connectivity index (χ3v) is 1.97. The van der Waals surface area contributed by atoms with Crippen molar-refractivity contribution in [2.24, 2.45) is 0 Å². The summed E-state index contributed by atoms with van der Waals surface area (Å²) < 4.78 is 39.4. The lowest BCUT2D eigenvalue weighted by Crippen LogP contribution is -2.18. The Morgan fingerprint density at radius 2 is 2.00 bits per heavy atom. The SMILES string of the molecule is Nc1c(Cl)ccc(OC(F)(F)F)c1CO. The summed E-state index contributed by atoms with van der Waals surface area (Å²) in [4.78, 5) is 0. The summed E-state index contributed by atoms with van der Waals surface area (Å²) in [5, 5.41) is 8.90. The van der Waals surface area contributed by atoms with Gasteiger partial charge >= 0.3 is 6.36 Å². The number of anilines is 1. The van der Waals surface area contributed by atoms with Crippen LogP contribution in [0.15, 0.2) is 12.1 Å². The minimum atomic E-state index is -4.83. The highest BCUT2D eigenvalue weighted by Gasteiger charge is 2.32. The van der Waals surface area contributed by atoms with E-state index in [1.165, 1.54) is 0 Å². The number of alkyl halides is 3. The molecular weight excluding hydrogens is 235 g/mol. The van der Waals surface area contributed by atoms with E-state index in [0.29, 0.717) is 0 Å². The zero-order valence-corrected chi connectivity index (χ0v) is 8.06. The molecular formula is C8H7ClF3NO2. The van der Waals surface area contributed by atoms with Crippen LogP contribution in [-0.4, -0.2) is 11.5 Å². The van der Waals surface area contributed by atoms with Gasteiger partial charge in [0.2, 0.25) is 0 Å². The van der Waals surface area contributed by atoms with E-state index in [4.69, 9.17) is 22.4 Å². The Kier molecular flexibility index (Phi) is 3.31. The summed E-state index contributed by atoms with van der Waals surface area (Å²) in [6.45, 7) is -0.683. The molecule has 3 N–H and O–H groups in total. The van der Waals surface area contributed by atoms with Crippen LogP contribution in [0.4, 0.5) is 18.9 Å². The summed E-state index contributed by atoms with van der Waals surface area (Å²) >= 11 is 5.56. The highest BCUT2D eigenvalue weighted by Crippen LogP contribution is 2.34. The number of halogens is 4. The Balaban J connectivity index is 3.14. The van der Waals surface area contributed by atoms with Crippen molar-refractivity contribution in [1.82, 2.24) is 0 Å². The molecule has 3 nitrogen and oxygen atoms in total. The quantitative estimate of drug-likeness (QED) is 0.782. The molecule has 7 heteroatoms. The molecule has 0 aliphatic rings. The molecule has 0 saturated carbocycles. The van der Waals surface area contributed by atoms with E-state index in [-0.39, 0.29) is 16.3 Å². The highest BCUT2D eigenvalue weighted by atomic mass is 35.5. The van der Waals surface area contributed by atoms with Crippen LogP contribution in [0.25, 0.3) is 0 Å². The number of aliphatic hydroxyl groups is 1. The molecule has 0 amide bonds. The molecule has 0 aromatic heterocycles. The molecule has 15 heavy (non-hydrogen) atoms. The number of rotatable bonds is 2. The van der Waals surface area contributed by atoms with Crippen LogP contribution in [0.5, 0.6) is 5.75 Å². The number of hydrogen-bond acceptors (Lipinski definition) is 3. The smallest absolute Gasteiger partial charge is 0.405 e. The van der Waals surface area contributed by atoms with Crippen LogP contribution in [0.2, 0.25) is 5.02 Å². The zero-order chi connectivity index (χ0) is 11.6. The maximum Gasteiger partial charge on any atom is 0.573 e. The summed E-state index contributed by atoms with van der Waals surface area (Å²) in [5.41, 5.74) is 5.07. The van der Waals surface area contributed by atoms with Gasteiger partial charge in [-0.2, -0.15) is 0 Å². The molecule has 1 rings (SSSR count). The van der Waals surface area contributed by atoms with Crippen molar-refractivity contribution in [3.05, 3.63) is 22.7 Å². The van der Waals surface area contributed by atoms with Gasteiger partial charge in [-0.25, -0.2) is 0 Å². The molecule has 0 unspecified atom stereocenters. The van der Waals surface area contributed by atoms with Crippen molar-refractivity contribution >= 4 is 17.3 Å². The first-order valence-corrected chi connectivity index (χ1v) is 4.16. The van der Waals surface area contributed by atoms with Gasteiger partial charge in [-0.05, 0) is 12.1 Å². The van der Waals surface area contributed by atoms with Crippen LogP contribution in [0, 0.1) is 0 Å². The minimum Gasteiger partial charge on any atom is -0.405 e. The van der Waals surface area contributed by atoms with Crippen molar-refractivity contribution in [1.29, 1.82) is 0 Å². The third-order valence-electron chi connectivity index (χ3n) is 1.64. The van der Waals surface area contributed by atoms with Gasteiger partial charge in [0.1, 0.15) is 5.75 Å². The highest BCUT2D eigenvalue weighted by molar-refractivity contribution is 6.33. The maximum absolute atomic E-state index is 11.9. The standard InChI is InChI=1S/C8H7ClF3NO2/c9-5-1-2-6(15-8(10,11)12)4(3-14)7(5)13/h1-2,14H,3,13H2. The average molecular weight is 242 g/mol. The molecule has 0 bridgehead atoms. The van der Waals surface area contributed by atoms with Crippen molar-refractivity contribution in [2.45, 2.75) is 13.0 Å². The summed E-state index contributed by atoms with van der Waals surface area (Å²) in [5.74, 6) is -0.549. The van der Waals surface area contributed by atoms with Gasteiger partial charge in [0.05, 0.1) is 17.3 Å². The fourth-order valence-corrected chi connectivity index (χ4v) is 1.18. The van der Waals surface area contributed by atoms with Gasteiger partial charge in [-0.1, -0.05) is 11.6 Å². The van der Waals surface area contributed by atoms with E-state index >= 15 is 0 Å². The number of aliphatic hydroxyl groups excluding tert-OH is 1. The lowest BCUT2D eigenvalue weighted by Gasteiger charge is -2.14. The second kappa shape index (κ2) is 4.16. The van der Waals surface area contributed by atoms with Crippen molar-refractivity contribution < 1.29 is 23.0 Å². The Hall–Kier alpha value is -1.14. The first kappa shape index (κ1) is 11.9. The van der Waals surface area contributed by atoms with Gasteiger partial charge < -0.3 is 15.6 Å². The van der Waals surface area contributed by atoms with E-state index in [9.17, 15) is 13.2 Å². The minimum absolute atomic E-state index is 0.0635. The van der Waals surface area contributed by atoms with Crippen molar-refractivity contribution in [3.8, 4) is 5.75 Å². The van der Waals surface area contributed by atoms with Crippen LogP contribution in [0.1, 0.15) is 5.56 Å². The molecule has 0 heterocycles. The lowest BCUT2D eigenvalue weighted by atomic mass is 10.1. The predicted molar refractivity (Wildman–Crippen MR) is 48.5 cm³/mol. The Morgan fingerprint density at radius 1 is 1.40 bits per heavy atom. The van der Waals surface area contributed by atoms with Gasteiger partial charge in [0.15, 0.2) is 0 Å². The molecule has 0 aliphatic carbocycles. The molecule has 84 valence electrons. The van der Waals surface area contributed by atoms with Gasteiger partial charge in [0.25, 0.3) is 0 Å². The monoisotopic (exact) mass is 241 g/mol. The number of hydrogen-bond donors (Lipinski definition) is 2. The molecule has 0 fully saturated rings. The van der Waals surface area contributed by atoms with Gasteiger partial charge in [0, 0.05) is 5.56 Å². The zero-order valence-electron chi connectivity index (χ0n) is 7.31. The largest absolute Gasteiger partial charge is 0.573 e. The van der Waals surface area contributed by atoms with Gasteiger partial charge in [-0.3, -0.25) is 0 Å². The molecule has 1 aromatic carbocycles. The van der Waals surface area contributed by atoms with Crippen LogP contribution in [-0.2, 0) is 6.61 Å². The first-order chi connectivity index (χ1) is 6.85. The molecule has 0 spiro atoms. The third kappa shape index (κ3) is 2.90. The van der Waals surface area contributed by atoms with Crippen LogP contribution in [0.3, 0.4) is 0 Å². The Labute approximate surface area is 88.2 Å². The second-order valence-corrected chi connectivity index (χ2v) is 3.05. The number of nitrogens with two attached hydrogens (primary N) is 1. The predicted octanol–water partition coefficient (Wildman–Crippen LogP) is 2.31. The second-order valence-electron chi connectivity index (χ2n) is 2.64. The number of ether oxygens (including phenoxy) is 1. The summed E-state index contributed by atoms with van der Waals surface area (Å²) in [6, 6.07) is 2.16. The van der Waals surface area contributed by atoms with E-state index in [1.807, 2.05) is 0 Å². The maximum atomic E-state index is 11.9. The van der Waals surface area contributed by atoms with Crippen LogP contribution >= 0.6 is 11.6 Å². The van der Waals surface area contributed by atoms with E-state index in [2.05, 4.69) is 4.74 Å². The molecule has 0 radical (unpaired) electrons. The summed E-state index contributed by atoms with van der Waals surface area (Å²) in [7, 11) is 0. The molecule has 0 aliphatic heterocycles. The average Bonchev–Trinajstić information content (AvgIpc) is 2.10. The molecule has 0 saturated heterocycles. The summed E-state index contributed by atoms with van der Waals surface area (Å²) in [6.07, 6.45) is -4.83. The fourth-order valence-electron chi connectivity index (χ4n) is 0.999. The fraction of sp³-hybridized carbons (Fsp3) is 0.250. The van der Waals surface area contributed by atoms with Crippen molar-refractivity contribution in [2.75, 3.05) is 5.73 Å². The topological polar surface area (TPSA) is 55.5 Å². The lowest BCUT2D eigenvalue weighted by molar-refractivity contribution is -0.275. The Morgan fingerprint density at radius 3 is 2.47 bits per heavy atom.